The van der Waals surface area contributed by atoms with Gasteiger partial charge in [-0.2, -0.15) is 9.97 Å². The molecule has 5 aromatic heterocycles. The molecule has 15 aromatic rings. The molecule has 7 nitrogen and oxygen atoms in total. The van der Waals surface area contributed by atoms with Crippen molar-refractivity contribution in [3.05, 3.63) is 212 Å². The molecule has 7 heteroatoms. The van der Waals surface area contributed by atoms with E-state index in [1.54, 1.807) is 0 Å². The fourth-order valence-corrected chi connectivity index (χ4v) is 10.9. The van der Waals surface area contributed by atoms with Gasteiger partial charge in [-0.3, -0.25) is 9.13 Å². The van der Waals surface area contributed by atoms with Crippen LogP contribution in [0.3, 0.4) is 0 Å². The lowest BCUT2D eigenvalue weighted by atomic mass is 9.98. The lowest BCUT2D eigenvalue weighted by Gasteiger charge is -2.12. The molecular formula is C60H35N7. The van der Waals surface area contributed by atoms with E-state index in [1.807, 2.05) is 12.3 Å². The number of benzene rings is 10. The average Bonchev–Trinajstić information content (AvgIpc) is 4.03. The Bertz CT molecular complexity index is 4420. The summed E-state index contributed by atoms with van der Waals surface area (Å²) < 4.78 is 6.98. The molecule has 0 N–H and O–H groups in total. The highest BCUT2D eigenvalue weighted by atomic mass is 15.2. The predicted molar refractivity (Wildman–Crippen MR) is 275 cm³/mol. The molecule has 67 heavy (non-hydrogen) atoms. The Morgan fingerprint density at radius 1 is 0.299 bits per heavy atom. The summed E-state index contributed by atoms with van der Waals surface area (Å²) in [5.74, 6) is 2.69. The summed E-state index contributed by atoms with van der Waals surface area (Å²) in [6.07, 6.45) is 1.87. The van der Waals surface area contributed by atoms with Crippen LogP contribution in [0.4, 0.5) is 0 Å². The van der Waals surface area contributed by atoms with Crippen LogP contribution >= 0.6 is 0 Å². The number of fused-ring (bicyclic) bond motifs is 9. The van der Waals surface area contributed by atoms with Crippen molar-refractivity contribution in [2.75, 3.05) is 0 Å². The van der Waals surface area contributed by atoms with E-state index in [-0.39, 0.29) is 0 Å². The van der Waals surface area contributed by atoms with E-state index in [1.165, 1.54) is 48.6 Å². The first-order valence-electron chi connectivity index (χ1n) is 22.6. The first kappa shape index (κ1) is 36.2. The Balaban J connectivity index is 0.992. The van der Waals surface area contributed by atoms with Crippen molar-refractivity contribution in [3.8, 4) is 40.2 Å². The number of rotatable bonds is 5. The highest BCUT2D eigenvalue weighted by Gasteiger charge is 2.24. The molecule has 310 valence electrons. The molecule has 15 rings (SSSR count). The number of aromatic nitrogens is 7. The van der Waals surface area contributed by atoms with Gasteiger partial charge in [-0.25, -0.2) is 9.97 Å². The van der Waals surface area contributed by atoms with Crippen LogP contribution in [0.25, 0.3) is 138 Å². The van der Waals surface area contributed by atoms with Crippen LogP contribution < -0.4 is 0 Å². The maximum absolute atomic E-state index is 5.32. The van der Waals surface area contributed by atoms with Crippen LogP contribution in [0, 0.1) is 0 Å². The third-order valence-corrected chi connectivity index (χ3v) is 13.8. The van der Waals surface area contributed by atoms with Gasteiger partial charge in [-0.05, 0) is 99.0 Å². The largest absolute Gasteiger partial charge is 0.309 e. The molecule has 0 amide bonds. The van der Waals surface area contributed by atoms with Crippen LogP contribution in [0.1, 0.15) is 0 Å². The second-order valence-corrected chi connectivity index (χ2v) is 17.5. The number of hydrogen-bond donors (Lipinski definition) is 0. The Morgan fingerprint density at radius 2 is 0.896 bits per heavy atom. The smallest absolute Gasteiger partial charge is 0.238 e. The minimum atomic E-state index is 0.563. The number of nitrogens with zero attached hydrogens (tertiary/aromatic N) is 7. The number of hydrogen-bond acceptors (Lipinski definition) is 4. The van der Waals surface area contributed by atoms with Gasteiger partial charge in [0.05, 0.1) is 33.1 Å². The molecule has 0 spiro atoms. The zero-order valence-corrected chi connectivity index (χ0v) is 35.8. The van der Waals surface area contributed by atoms with Crippen molar-refractivity contribution >= 4 is 97.7 Å². The summed E-state index contributed by atoms with van der Waals surface area (Å²) in [6.45, 7) is 0. The molecule has 0 bridgehead atoms. The van der Waals surface area contributed by atoms with Crippen molar-refractivity contribution in [2.45, 2.75) is 0 Å². The Kier molecular flexibility index (Phi) is 7.37. The summed E-state index contributed by atoms with van der Waals surface area (Å²) in [6, 6.07) is 73.6. The first-order valence-corrected chi connectivity index (χ1v) is 22.6. The highest BCUT2D eigenvalue weighted by molar-refractivity contribution is 6.33. The maximum atomic E-state index is 5.32. The van der Waals surface area contributed by atoms with Crippen LogP contribution in [-0.2, 0) is 0 Å². The van der Waals surface area contributed by atoms with E-state index in [0.717, 1.165) is 71.8 Å². The predicted octanol–water partition coefficient (Wildman–Crippen LogP) is 14.8. The fraction of sp³-hybridized carbons (Fsp3) is 0. The molecule has 0 saturated heterocycles. The monoisotopic (exact) mass is 853 g/mol. The van der Waals surface area contributed by atoms with E-state index in [4.69, 9.17) is 19.9 Å². The van der Waals surface area contributed by atoms with Crippen molar-refractivity contribution < 1.29 is 0 Å². The summed E-state index contributed by atoms with van der Waals surface area (Å²) in [5.41, 5.74) is 9.54. The Hall–Kier alpha value is -9.20. The molecular weight excluding hydrogens is 819 g/mol. The van der Waals surface area contributed by atoms with Gasteiger partial charge in [0, 0.05) is 55.3 Å². The normalized spacial score (nSPS) is 12.2. The minimum Gasteiger partial charge on any atom is -0.309 e. The Labute approximate surface area is 382 Å². The second kappa shape index (κ2) is 13.7. The third-order valence-electron chi connectivity index (χ3n) is 13.8. The van der Waals surface area contributed by atoms with Gasteiger partial charge in [-0.1, -0.05) is 140 Å². The van der Waals surface area contributed by atoms with E-state index in [0.29, 0.717) is 17.6 Å². The van der Waals surface area contributed by atoms with E-state index < -0.39 is 0 Å². The van der Waals surface area contributed by atoms with Crippen LogP contribution in [0.5, 0.6) is 0 Å². The molecule has 0 saturated carbocycles. The van der Waals surface area contributed by atoms with Gasteiger partial charge in [0.25, 0.3) is 0 Å². The lowest BCUT2D eigenvalue weighted by molar-refractivity contribution is 0.953. The average molecular weight is 854 g/mol. The van der Waals surface area contributed by atoms with Crippen molar-refractivity contribution in [1.29, 1.82) is 0 Å². The molecule has 0 aliphatic carbocycles. The minimum absolute atomic E-state index is 0.563. The van der Waals surface area contributed by atoms with E-state index in [2.05, 4.69) is 214 Å². The van der Waals surface area contributed by atoms with E-state index >= 15 is 0 Å². The summed E-state index contributed by atoms with van der Waals surface area (Å²) >= 11 is 0. The molecule has 5 heterocycles. The number of pyridine rings is 1. The van der Waals surface area contributed by atoms with Gasteiger partial charge >= 0.3 is 0 Å². The summed E-state index contributed by atoms with van der Waals surface area (Å²) in [7, 11) is 0. The second-order valence-electron chi connectivity index (χ2n) is 17.5. The van der Waals surface area contributed by atoms with Gasteiger partial charge in [0.2, 0.25) is 5.95 Å². The van der Waals surface area contributed by atoms with Gasteiger partial charge < -0.3 is 4.57 Å². The highest BCUT2D eigenvalue weighted by Crippen LogP contribution is 2.46. The molecule has 0 atom stereocenters. The topological polar surface area (TPSA) is 66.3 Å². The van der Waals surface area contributed by atoms with Gasteiger partial charge in [0.1, 0.15) is 5.82 Å². The van der Waals surface area contributed by atoms with Crippen LogP contribution in [-0.4, -0.2) is 33.6 Å². The molecule has 0 fully saturated rings. The van der Waals surface area contributed by atoms with Crippen molar-refractivity contribution in [2.24, 2.45) is 0 Å². The lowest BCUT2D eigenvalue weighted by Crippen LogP contribution is -2.06. The molecule has 0 unspecified atom stereocenters. The van der Waals surface area contributed by atoms with E-state index in [9.17, 15) is 0 Å². The molecule has 10 aromatic carbocycles. The number of para-hydroxylation sites is 2. The maximum Gasteiger partial charge on any atom is 0.238 e. The molecule has 0 aliphatic heterocycles. The van der Waals surface area contributed by atoms with Crippen LogP contribution in [0.2, 0.25) is 0 Å². The quantitative estimate of drug-likeness (QED) is 0.162. The fourth-order valence-electron chi connectivity index (χ4n) is 10.9. The van der Waals surface area contributed by atoms with Crippen molar-refractivity contribution in [3.63, 3.8) is 0 Å². The first-order chi connectivity index (χ1) is 33.2. The van der Waals surface area contributed by atoms with Gasteiger partial charge in [-0.15, -0.1) is 0 Å². The Morgan fingerprint density at radius 3 is 1.63 bits per heavy atom. The van der Waals surface area contributed by atoms with Gasteiger partial charge in [0.15, 0.2) is 11.6 Å². The standard InChI is InChI=1S/C60H35N7/c1-3-14-39-32-41(25-23-36(39)12-1)58-62-59(42-26-24-37-13-2-4-15-40(37)33-42)64-60(63-58)67-48-19-7-5-17-44(48)47-34-43(28-30-50(47)67)65-51-21-11-16-38-27-29-46-56-45-18-6-8-20-49(45)66(54-22-9-10-31-61-54)52(56)35-53(65)57(46)55(38)51/h1-35H. The third kappa shape index (κ3) is 5.22. The molecule has 0 aliphatic rings. The summed E-state index contributed by atoms with van der Waals surface area (Å²) in [4.78, 5) is 20.7. The summed E-state index contributed by atoms with van der Waals surface area (Å²) in [5, 5.41) is 14.3. The molecule has 0 radical (unpaired) electrons. The zero-order chi connectivity index (χ0) is 43.7. The SMILES string of the molecule is c1ccc(-n2c3ccccc3c3c4ccc5cccc6c5c4c(cc32)n6-c2ccc3c(c2)c2ccccc2n3-c2nc(-c3ccc4ccccc4c3)nc(-c3ccc4ccccc4c3)n2)nc1. The zero-order valence-electron chi connectivity index (χ0n) is 35.8. The van der Waals surface area contributed by atoms with Crippen LogP contribution in [0.15, 0.2) is 212 Å². The van der Waals surface area contributed by atoms with Crippen molar-refractivity contribution in [1.82, 2.24) is 33.6 Å².